The molecule has 2 aromatic heterocycles. The van der Waals surface area contributed by atoms with E-state index < -0.39 is 5.91 Å². The number of primary amides is 1. The minimum atomic E-state index is -0.701. The normalized spacial score (nSPS) is 14.3. The third-order valence-corrected chi connectivity index (χ3v) is 5.00. The number of benzene rings is 2. The lowest BCUT2D eigenvalue weighted by atomic mass is 9.97. The number of nitrogens with two attached hydrogens (primary N) is 1. The fourth-order valence-electron chi connectivity index (χ4n) is 3.65. The summed E-state index contributed by atoms with van der Waals surface area (Å²) in [5, 5.41) is 10.3. The maximum absolute atomic E-state index is 11.1. The lowest BCUT2D eigenvalue weighted by molar-refractivity contribution is 0.0987. The van der Waals surface area contributed by atoms with Crippen molar-refractivity contribution in [2.75, 3.05) is 6.54 Å². The molecule has 5 rings (SSSR count). The van der Waals surface area contributed by atoms with Crippen molar-refractivity contribution in [3.63, 3.8) is 0 Å². The summed E-state index contributed by atoms with van der Waals surface area (Å²) in [4.78, 5) is 17.3. The molecule has 4 aromatic rings. The fraction of sp³-hybridized carbons (Fsp3) is 0.200. The first-order chi connectivity index (χ1) is 13.7. The number of amides is 1. The van der Waals surface area contributed by atoms with Gasteiger partial charge in [-0.3, -0.25) is 9.69 Å². The maximum atomic E-state index is 11.1. The molecule has 1 aliphatic heterocycles. The van der Waals surface area contributed by atoms with E-state index in [2.05, 4.69) is 44.5 Å². The molecule has 2 N–H and O–H groups in total. The average molecular weight is 375 g/mol. The Kier molecular flexibility index (Phi) is 3.91. The van der Waals surface area contributed by atoms with Crippen molar-refractivity contribution in [3.05, 3.63) is 65.5 Å². The summed E-state index contributed by atoms with van der Waals surface area (Å²) < 4.78 is 10.8. The minimum absolute atomic E-state index is 0.103. The summed E-state index contributed by atoms with van der Waals surface area (Å²) in [6.07, 6.45) is 0.740. The van der Waals surface area contributed by atoms with Gasteiger partial charge >= 0.3 is 0 Å². The second-order valence-electron chi connectivity index (χ2n) is 6.80. The van der Waals surface area contributed by atoms with E-state index in [1.165, 1.54) is 0 Å². The molecule has 0 fully saturated rings. The average Bonchev–Trinajstić information content (AvgIpc) is 3.34. The predicted molar refractivity (Wildman–Crippen MR) is 100 cm³/mol. The molecule has 0 aliphatic carbocycles. The van der Waals surface area contributed by atoms with Gasteiger partial charge in [0.1, 0.15) is 11.5 Å². The van der Waals surface area contributed by atoms with Crippen molar-refractivity contribution in [2.45, 2.75) is 19.5 Å². The molecule has 0 saturated heterocycles. The highest BCUT2D eigenvalue weighted by Crippen LogP contribution is 2.34. The van der Waals surface area contributed by atoms with Gasteiger partial charge in [-0.1, -0.05) is 52.8 Å². The summed E-state index contributed by atoms with van der Waals surface area (Å²) in [7, 11) is 0. The molecule has 0 saturated carbocycles. The Hall–Kier alpha value is -3.52. The SMILES string of the molecule is NC(=O)c1noc(CN2CCc3onc(-c4cccc5ccccc45)c3C2)n1. The van der Waals surface area contributed by atoms with Crippen LogP contribution in [0.1, 0.15) is 27.8 Å². The van der Waals surface area contributed by atoms with Gasteiger partial charge in [-0.2, -0.15) is 4.98 Å². The number of rotatable bonds is 4. The largest absolute Gasteiger partial charge is 0.363 e. The molecule has 0 unspecified atom stereocenters. The van der Waals surface area contributed by atoms with Crippen LogP contribution < -0.4 is 5.73 Å². The zero-order chi connectivity index (χ0) is 19.1. The van der Waals surface area contributed by atoms with Gasteiger partial charge in [0.25, 0.3) is 11.7 Å². The Morgan fingerprint density at radius 3 is 2.82 bits per heavy atom. The van der Waals surface area contributed by atoms with E-state index in [9.17, 15) is 4.79 Å². The molecular weight excluding hydrogens is 358 g/mol. The van der Waals surface area contributed by atoms with E-state index >= 15 is 0 Å². The van der Waals surface area contributed by atoms with Crippen LogP contribution in [-0.4, -0.2) is 32.6 Å². The van der Waals surface area contributed by atoms with Crippen LogP contribution in [-0.2, 0) is 19.5 Å². The molecular formula is C20H17N5O3. The third kappa shape index (κ3) is 2.84. The molecule has 2 aromatic carbocycles. The summed E-state index contributed by atoms with van der Waals surface area (Å²) in [5.41, 5.74) is 8.16. The van der Waals surface area contributed by atoms with Crippen molar-refractivity contribution in [1.82, 2.24) is 20.2 Å². The molecule has 28 heavy (non-hydrogen) atoms. The highest BCUT2D eigenvalue weighted by atomic mass is 16.5. The number of fused-ring (bicyclic) bond motifs is 2. The van der Waals surface area contributed by atoms with E-state index in [-0.39, 0.29) is 5.82 Å². The molecule has 0 radical (unpaired) electrons. The number of carbonyl (C=O) groups excluding carboxylic acids is 1. The molecule has 8 heteroatoms. The van der Waals surface area contributed by atoms with Crippen molar-refractivity contribution in [2.24, 2.45) is 5.73 Å². The molecule has 3 heterocycles. The smallest absolute Gasteiger partial charge is 0.290 e. The molecule has 0 bridgehead atoms. The van der Waals surface area contributed by atoms with E-state index in [0.717, 1.165) is 46.3 Å². The number of hydrogen-bond acceptors (Lipinski definition) is 7. The third-order valence-electron chi connectivity index (χ3n) is 5.00. The van der Waals surface area contributed by atoms with Crippen LogP contribution in [0.25, 0.3) is 22.0 Å². The highest BCUT2D eigenvalue weighted by molar-refractivity contribution is 5.96. The van der Waals surface area contributed by atoms with E-state index in [1.807, 2.05) is 18.2 Å². The zero-order valence-electron chi connectivity index (χ0n) is 15.0. The molecule has 140 valence electrons. The number of nitrogens with zero attached hydrogens (tertiary/aromatic N) is 4. The first-order valence-corrected chi connectivity index (χ1v) is 8.99. The van der Waals surface area contributed by atoms with Crippen molar-refractivity contribution < 1.29 is 13.8 Å². The van der Waals surface area contributed by atoms with Gasteiger partial charge in [-0.05, 0) is 10.8 Å². The van der Waals surface area contributed by atoms with Crippen LogP contribution in [0, 0.1) is 0 Å². The van der Waals surface area contributed by atoms with Crippen LogP contribution in [0.2, 0.25) is 0 Å². The van der Waals surface area contributed by atoms with Crippen LogP contribution in [0.15, 0.2) is 51.5 Å². The van der Waals surface area contributed by atoms with Crippen molar-refractivity contribution >= 4 is 16.7 Å². The van der Waals surface area contributed by atoms with Gasteiger partial charge in [0.05, 0.1) is 6.54 Å². The first kappa shape index (κ1) is 16.6. The maximum Gasteiger partial charge on any atom is 0.290 e. The Morgan fingerprint density at radius 2 is 1.96 bits per heavy atom. The lowest BCUT2D eigenvalue weighted by Crippen LogP contribution is -2.29. The number of carbonyl (C=O) groups is 1. The van der Waals surface area contributed by atoms with Crippen molar-refractivity contribution in [1.29, 1.82) is 0 Å². The van der Waals surface area contributed by atoms with Crippen LogP contribution in [0.4, 0.5) is 0 Å². The lowest BCUT2D eigenvalue weighted by Gasteiger charge is -2.24. The van der Waals surface area contributed by atoms with E-state index in [0.29, 0.717) is 19.0 Å². The van der Waals surface area contributed by atoms with Gasteiger partial charge in [0, 0.05) is 30.6 Å². The molecule has 8 nitrogen and oxygen atoms in total. The van der Waals surface area contributed by atoms with E-state index in [1.54, 1.807) is 0 Å². The summed E-state index contributed by atoms with van der Waals surface area (Å²) in [6.45, 7) is 1.84. The molecule has 0 atom stereocenters. The minimum Gasteiger partial charge on any atom is -0.363 e. The van der Waals surface area contributed by atoms with Gasteiger partial charge in [0.15, 0.2) is 0 Å². The molecule has 1 amide bonds. The Labute approximate surface area is 159 Å². The predicted octanol–water partition coefficient (Wildman–Crippen LogP) is 2.54. The van der Waals surface area contributed by atoms with Crippen molar-refractivity contribution in [3.8, 4) is 11.3 Å². The molecule has 0 spiro atoms. The van der Waals surface area contributed by atoms with E-state index in [4.69, 9.17) is 14.8 Å². The van der Waals surface area contributed by atoms with Crippen LogP contribution in [0.5, 0.6) is 0 Å². The monoisotopic (exact) mass is 375 g/mol. The number of hydrogen-bond donors (Lipinski definition) is 1. The Balaban J connectivity index is 1.46. The topological polar surface area (TPSA) is 111 Å². The Morgan fingerprint density at radius 1 is 1.11 bits per heavy atom. The van der Waals surface area contributed by atoms with Gasteiger partial charge < -0.3 is 14.8 Å². The van der Waals surface area contributed by atoms with Gasteiger partial charge in [-0.25, -0.2) is 0 Å². The quantitative estimate of drug-likeness (QED) is 0.583. The van der Waals surface area contributed by atoms with Gasteiger partial charge in [0.2, 0.25) is 5.89 Å². The summed E-state index contributed by atoms with van der Waals surface area (Å²) in [6, 6.07) is 14.4. The summed E-state index contributed by atoms with van der Waals surface area (Å²) >= 11 is 0. The first-order valence-electron chi connectivity index (χ1n) is 8.99. The highest BCUT2D eigenvalue weighted by Gasteiger charge is 2.27. The van der Waals surface area contributed by atoms with Crippen LogP contribution in [0.3, 0.4) is 0 Å². The fourth-order valence-corrected chi connectivity index (χ4v) is 3.65. The standard InChI is InChI=1S/C20H17N5O3/c21-19(26)20-22-17(28-24-20)11-25-9-8-16-15(10-25)18(23-27-16)14-7-3-5-12-4-1-2-6-13(12)14/h1-7H,8-11H2,(H2,21,26). The molecule has 1 aliphatic rings. The second kappa shape index (κ2) is 6.58. The second-order valence-corrected chi connectivity index (χ2v) is 6.80. The van der Waals surface area contributed by atoms with Gasteiger partial charge in [-0.15, -0.1) is 0 Å². The zero-order valence-corrected chi connectivity index (χ0v) is 15.0. The summed E-state index contributed by atoms with van der Waals surface area (Å²) in [5.74, 6) is 0.463. The van der Waals surface area contributed by atoms with Crippen LogP contribution >= 0.6 is 0 Å². The Bertz CT molecular complexity index is 1170. The number of aromatic nitrogens is 3.